The number of nitrogens with one attached hydrogen (secondary N) is 1. The van der Waals surface area contributed by atoms with Gasteiger partial charge in [0, 0.05) is 23.9 Å². The molecule has 2 atom stereocenters. The van der Waals surface area contributed by atoms with Crippen LogP contribution in [-0.2, 0) is 0 Å². The van der Waals surface area contributed by atoms with E-state index < -0.39 is 6.10 Å². The lowest BCUT2D eigenvalue weighted by Crippen LogP contribution is -2.32. The molecule has 0 aliphatic rings. The Morgan fingerprint density at radius 2 is 2.12 bits per heavy atom. The van der Waals surface area contributed by atoms with Gasteiger partial charge in [0.15, 0.2) is 0 Å². The van der Waals surface area contributed by atoms with E-state index in [1.54, 1.807) is 18.2 Å². The van der Waals surface area contributed by atoms with Crippen LogP contribution in [-0.4, -0.2) is 29.2 Å². The van der Waals surface area contributed by atoms with Gasteiger partial charge in [0.25, 0.3) is 0 Å². The molecule has 4 heteroatoms. The van der Waals surface area contributed by atoms with E-state index in [1.807, 2.05) is 11.8 Å². The molecule has 0 fully saturated rings. The molecule has 0 aliphatic carbocycles. The van der Waals surface area contributed by atoms with E-state index in [9.17, 15) is 9.50 Å². The van der Waals surface area contributed by atoms with Crippen LogP contribution in [0.25, 0.3) is 0 Å². The fraction of sp³-hybridized carbons (Fsp3) is 0.538. The van der Waals surface area contributed by atoms with Gasteiger partial charge in [-0.3, -0.25) is 0 Å². The first-order valence-electron chi connectivity index (χ1n) is 5.88. The van der Waals surface area contributed by atoms with Crippen LogP contribution in [0.2, 0.25) is 0 Å². The van der Waals surface area contributed by atoms with Crippen LogP contribution in [0.4, 0.5) is 4.39 Å². The van der Waals surface area contributed by atoms with Crippen molar-refractivity contribution in [2.24, 2.45) is 0 Å². The van der Waals surface area contributed by atoms with E-state index in [-0.39, 0.29) is 5.82 Å². The van der Waals surface area contributed by atoms with Crippen molar-refractivity contribution in [3.8, 4) is 0 Å². The van der Waals surface area contributed by atoms with E-state index in [0.717, 1.165) is 11.5 Å². The lowest BCUT2D eigenvalue weighted by molar-refractivity contribution is 0.167. The van der Waals surface area contributed by atoms with Gasteiger partial charge in [-0.15, -0.1) is 0 Å². The highest BCUT2D eigenvalue weighted by Crippen LogP contribution is 2.15. The molecule has 0 amide bonds. The zero-order chi connectivity index (χ0) is 12.7. The highest BCUT2D eigenvalue weighted by atomic mass is 32.2. The summed E-state index contributed by atoms with van der Waals surface area (Å²) in [5, 5.41) is 13.1. The summed E-state index contributed by atoms with van der Waals surface area (Å²) in [5.74, 6) is 1.74. The molecule has 1 aromatic rings. The van der Waals surface area contributed by atoms with Gasteiger partial charge in [0.1, 0.15) is 5.82 Å². The summed E-state index contributed by atoms with van der Waals surface area (Å²) in [4.78, 5) is 0. The van der Waals surface area contributed by atoms with E-state index in [4.69, 9.17) is 0 Å². The molecule has 96 valence electrons. The van der Waals surface area contributed by atoms with Crippen molar-refractivity contribution in [2.45, 2.75) is 26.0 Å². The number of hydrogen-bond acceptors (Lipinski definition) is 3. The second-order valence-electron chi connectivity index (χ2n) is 4.01. The average molecular weight is 257 g/mol. The van der Waals surface area contributed by atoms with E-state index in [0.29, 0.717) is 18.2 Å². The molecule has 0 aromatic heterocycles. The number of aliphatic hydroxyl groups is 1. The molecule has 2 unspecified atom stereocenters. The summed E-state index contributed by atoms with van der Waals surface area (Å²) in [6, 6.07) is 6.67. The van der Waals surface area contributed by atoms with Crippen molar-refractivity contribution in [1.29, 1.82) is 0 Å². The monoisotopic (exact) mass is 257 g/mol. The molecule has 0 heterocycles. The Morgan fingerprint density at radius 1 is 1.41 bits per heavy atom. The summed E-state index contributed by atoms with van der Waals surface area (Å²) in [7, 11) is 0. The highest BCUT2D eigenvalue weighted by Gasteiger charge is 2.12. The normalized spacial score (nSPS) is 14.6. The van der Waals surface area contributed by atoms with Gasteiger partial charge in [-0.05, 0) is 18.7 Å². The summed E-state index contributed by atoms with van der Waals surface area (Å²) in [6.07, 6.45) is -0.787. The third-order valence-electron chi connectivity index (χ3n) is 2.50. The number of halogens is 1. The Bertz CT molecular complexity index is 335. The Kier molecular flexibility index (Phi) is 6.55. The van der Waals surface area contributed by atoms with Crippen LogP contribution < -0.4 is 5.32 Å². The zero-order valence-electron chi connectivity index (χ0n) is 10.3. The summed E-state index contributed by atoms with van der Waals surface area (Å²) in [6.45, 7) is 4.56. The molecular weight excluding hydrogens is 237 g/mol. The molecule has 2 N–H and O–H groups in total. The highest BCUT2D eigenvalue weighted by molar-refractivity contribution is 7.99. The first-order valence-corrected chi connectivity index (χ1v) is 7.04. The molecule has 0 spiro atoms. The predicted octanol–water partition coefficient (Wildman–Crippen LogP) is 2.59. The van der Waals surface area contributed by atoms with Crippen molar-refractivity contribution >= 4 is 11.8 Å². The number of aliphatic hydroxyl groups excluding tert-OH is 1. The van der Waals surface area contributed by atoms with Crippen molar-refractivity contribution in [1.82, 2.24) is 5.32 Å². The molecule has 17 heavy (non-hydrogen) atoms. The molecule has 0 bridgehead atoms. The van der Waals surface area contributed by atoms with E-state index >= 15 is 0 Å². The van der Waals surface area contributed by atoms with Gasteiger partial charge in [0.05, 0.1) is 6.10 Å². The van der Waals surface area contributed by atoms with Gasteiger partial charge in [-0.25, -0.2) is 4.39 Å². The number of rotatable bonds is 7. The predicted molar refractivity (Wildman–Crippen MR) is 71.8 cm³/mol. The SMILES string of the molecule is CCSCC(C)NCC(O)c1ccccc1F. The van der Waals surface area contributed by atoms with Crippen molar-refractivity contribution in [3.05, 3.63) is 35.6 Å². The maximum Gasteiger partial charge on any atom is 0.129 e. The zero-order valence-corrected chi connectivity index (χ0v) is 11.1. The smallest absolute Gasteiger partial charge is 0.129 e. The molecule has 0 radical (unpaired) electrons. The van der Waals surface area contributed by atoms with Crippen LogP contribution in [0.5, 0.6) is 0 Å². The minimum atomic E-state index is -0.787. The van der Waals surface area contributed by atoms with Crippen LogP contribution >= 0.6 is 11.8 Å². The van der Waals surface area contributed by atoms with E-state index in [2.05, 4.69) is 19.2 Å². The first-order chi connectivity index (χ1) is 8.15. The minimum absolute atomic E-state index is 0.321. The van der Waals surface area contributed by atoms with Gasteiger partial charge in [0.2, 0.25) is 0 Å². The number of hydrogen-bond donors (Lipinski definition) is 2. The summed E-state index contributed by atoms with van der Waals surface area (Å²) >= 11 is 1.85. The largest absolute Gasteiger partial charge is 0.387 e. The van der Waals surface area contributed by atoms with E-state index in [1.165, 1.54) is 6.07 Å². The quantitative estimate of drug-likeness (QED) is 0.787. The summed E-state index contributed by atoms with van der Waals surface area (Å²) in [5.41, 5.74) is 0.357. The molecule has 0 aliphatic heterocycles. The fourth-order valence-electron chi connectivity index (χ4n) is 1.52. The molecular formula is C13H20FNOS. The van der Waals surface area contributed by atoms with Crippen LogP contribution in [0.3, 0.4) is 0 Å². The summed E-state index contributed by atoms with van der Waals surface area (Å²) < 4.78 is 13.4. The lowest BCUT2D eigenvalue weighted by Gasteiger charge is -2.17. The third kappa shape index (κ3) is 5.06. The maximum absolute atomic E-state index is 13.4. The van der Waals surface area contributed by atoms with Crippen LogP contribution in [0.15, 0.2) is 24.3 Å². The standard InChI is InChI=1S/C13H20FNOS/c1-3-17-9-10(2)15-8-13(16)11-6-4-5-7-12(11)14/h4-7,10,13,15-16H,3,8-9H2,1-2H3. The van der Waals surface area contributed by atoms with Crippen molar-refractivity contribution in [2.75, 3.05) is 18.1 Å². The Labute approximate surface area is 107 Å². The molecule has 0 saturated heterocycles. The van der Waals surface area contributed by atoms with Crippen LogP contribution in [0.1, 0.15) is 25.5 Å². The minimum Gasteiger partial charge on any atom is -0.387 e. The van der Waals surface area contributed by atoms with Crippen molar-refractivity contribution in [3.63, 3.8) is 0 Å². The Balaban J connectivity index is 2.39. The van der Waals surface area contributed by atoms with Gasteiger partial charge in [-0.1, -0.05) is 25.1 Å². The van der Waals surface area contributed by atoms with Crippen LogP contribution in [0, 0.1) is 5.82 Å². The third-order valence-corrected chi connectivity index (χ3v) is 3.64. The maximum atomic E-state index is 13.4. The number of thioether (sulfide) groups is 1. The Morgan fingerprint density at radius 3 is 2.76 bits per heavy atom. The molecule has 1 rings (SSSR count). The van der Waals surface area contributed by atoms with Gasteiger partial charge < -0.3 is 10.4 Å². The molecule has 1 aromatic carbocycles. The molecule has 2 nitrogen and oxygen atoms in total. The fourth-order valence-corrected chi connectivity index (χ4v) is 2.23. The lowest BCUT2D eigenvalue weighted by atomic mass is 10.1. The first kappa shape index (κ1) is 14.5. The second-order valence-corrected chi connectivity index (χ2v) is 5.33. The average Bonchev–Trinajstić information content (AvgIpc) is 2.34. The Hall–Kier alpha value is -0.580. The number of benzene rings is 1. The van der Waals surface area contributed by atoms with Gasteiger partial charge in [-0.2, -0.15) is 11.8 Å². The van der Waals surface area contributed by atoms with Gasteiger partial charge >= 0.3 is 0 Å². The second kappa shape index (κ2) is 7.69. The van der Waals surface area contributed by atoms with Crippen molar-refractivity contribution < 1.29 is 9.50 Å². The topological polar surface area (TPSA) is 32.3 Å². The molecule has 0 saturated carbocycles.